The van der Waals surface area contributed by atoms with Gasteiger partial charge in [0, 0.05) is 37.2 Å². The Morgan fingerprint density at radius 2 is 2.08 bits per heavy atom. The van der Waals surface area contributed by atoms with Gasteiger partial charge in [0.15, 0.2) is 11.6 Å². The first-order valence-corrected chi connectivity index (χ1v) is 7.77. The van der Waals surface area contributed by atoms with E-state index in [1.165, 1.54) is 12.3 Å². The van der Waals surface area contributed by atoms with Crippen molar-refractivity contribution in [1.82, 2.24) is 10.3 Å². The third-order valence-corrected chi connectivity index (χ3v) is 4.41. The number of aromatic nitrogens is 1. The summed E-state index contributed by atoms with van der Waals surface area (Å²) in [6, 6.07) is 9.35. The fraction of sp³-hybridized carbons (Fsp3) is 0.333. The van der Waals surface area contributed by atoms with E-state index in [1.807, 2.05) is 13.0 Å². The molecule has 3 atom stereocenters. The summed E-state index contributed by atoms with van der Waals surface area (Å²) in [4.78, 5) is 4.11. The summed E-state index contributed by atoms with van der Waals surface area (Å²) >= 11 is 0. The van der Waals surface area contributed by atoms with Crippen LogP contribution in [0.3, 0.4) is 0 Å². The lowest BCUT2D eigenvalue weighted by molar-refractivity contribution is 0.145. The van der Waals surface area contributed by atoms with E-state index in [-0.39, 0.29) is 17.9 Å². The minimum Gasteiger partial charge on any atom is -0.474 e. The highest BCUT2D eigenvalue weighted by molar-refractivity contribution is 5.28. The molecule has 0 spiro atoms. The van der Waals surface area contributed by atoms with Crippen molar-refractivity contribution >= 4 is 0 Å². The molecule has 124 valence electrons. The number of hydrogen-bond acceptors (Lipinski definition) is 4. The SMILES string of the molecule is C[C@H](Oc1ccc(C#N)cn1)[C@H]1CNCC1c1ccc(F)c(F)c1. The second-order valence-electron chi connectivity index (χ2n) is 5.92. The van der Waals surface area contributed by atoms with Crippen molar-refractivity contribution in [2.75, 3.05) is 13.1 Å². The molecular weight excluding hydrogens is 312 g/mol. The van der Waals surface area contributed by atoms with Gasteiger partial charge in [-0.15, -0.1) is 0 Å². The van der Waals surface area contributed by atoms with Gasteiger partial charge in [-0.25, -0.2) is 13.8 Å². The first-order valence-electron chi connectivity index (χ1n) is 7.77. The van der Waals surface area contributed by atoms with E-state index < -0.39 is 11.6 Å². The smallest absolute Gasteiger partial charge is 0.213 e. The van der Waals surface area contributed by atoms with Crippen LogP contribution < -0.4 is 10.1 Å². The van der Waals surface area contributed by atoms with Crippen molar-refractivity contribution in [1.29, 1.82) is 5.26 Å². The summed E-state index contributed by atoms with van der Waals surface area (Å²) in [6.45, 7) is 3.34. The summed E-state index contributed by atoms with van der Waals surface area (Å²) < 4.78 is 32.5. The number of nitrogens with zero attached hydrogens (tertiary/aromatic N) is 2. The highest BCUT2D eigenvalue weighted by Crippen LogP contribution is 2.32. The maximum Gasteiger partial charge on any atom is 0.213 e. The average molecular weight is 329 g/mol. The zero-order valence-electron chi connectivity index (χ0n) is 13.2. The second kappa shape index (κ2) is 6.93. The van der Waals surface area contributed by atoms with E-state index in [0.717, 1.165) is 18.2 Å². The third kappa shape index (κ3) is 3.36. The molecule has 1 aromatic carbocycles. The van der Waals surface area contributed by atoms with Crippen molar-refractivity contribution < 1.29 is 13.5 Å². The number of halogens is 2. The van der Waals surface area contributed by atoms with Crippen LogP contribution in [-0.4, -0.2) is 24.2 Å². The lowest BCUT2D eigenvalue weighted by Crippen LogP contribution is -2.29. The van der Waals surface area contributed by atoms with Gasteiger partial charge < -0.3 is 10.1 Å². The number of benzene rings is 1. The summed E-state index contributed by atoms with van der Waals surface area (Å²) in [5, 5.41) is 12.1. The molecule has 2 aromatic rings. The maximum atomic E-state index is 13.5. The van der Waals surface area contributed by atoms with Crippen LogP contribution in [0.2, 0.25) is 0 Å². The number of ether oxygens (including phenoxy) is 1. The van der Waals surface area contributed by atoms with E-state index in [4.69, 9.17) is 10.00 Å². The topological polar surface area (TPSA) is 57.9 Å². The largest absolute Gasteiger partial charge is 0.474 e. The molecular formula is C18H17F2N3O. The predicted molar refractivity (Wildman–Crippen MR) is 84.5 cm³/mol. The Labute approximate surface area is 139 Å². The van der Waals surface area contributed by atoms with E-state index in [2.05, 4.69) is 10.3 Å². The van der Waals surface area contributed by atoms with Crippen LogP contribution in [0.5, 0.6) is 5.88 Å². The molecule has 2 heterocycles. The molecule has 0 saturated carbocycles. The summed E-state index contributed by atoms with van der Waals surface area (Å²) in [5.41, 5.74) is 1.23. The lowest BCUT2D eigenvalue weighted by Gasteiger charge is -2.25. The normalized spacial score (nSPS) is 21.2. The Bertz CT molecular complexity index is 758. The average Bonchev–Trinajstić information content (AvgIpc) is 3.08. The van der Waals surface area contributed by atoms with Crippen LogP contribution in [-0.2, 0) is 0 Å². The number of nitrogens with one attached hydrogen (secondary N) is 1. The summed E-state index contributed by atoms with van der Waals surface area (Å²) in [6.07, 6.45) is 1.29. The Morgan fingerprint density at radius 1 is 1.25 bits per heavy atom. The van der Waals surface area contributed by atoms with Crippen molar-refractivity contribution in [3.8, 4) is 11.9 Å². The summed E-state index contributed by atoms with van der Waals surface area (Å²) in [5.74, 6) is -1.09. The fourth-order valence-electron chi connectivity index (χ4n) is 3.09. The van der Waals surface area contributed by atoms with Crippen LogP contribution in [0.1, 0.15) is 24.0 Å². The van der Waals surface area contributed by atoms with Crippen LogP contribution in [0, 0.1) is 28.9 Å². The predicted octanol–water partition coefficient (Wildman–Crippen LogP) is 3.00. The molecule has 1 N–H and O–H groups in total. The number of rotatable bonds is 4. The number of hydrogen-bond donors (Lipinski definition) is 1. The van der Waals surface area contributed by atoms with Gasteiger partial charge in [0.1, 0.15) is 12.2 Å². The second-order valence-corrected chi connectivity index (χ2v) is 5.92. The lowest BCUT2D eigenvalue weighted by atomic mass is 9.85. The Hall–Kier alpha value is -2.52. The van der Waals surface area contributed by atoms with Gasteiger partial charge in [-0.1, -0.05) is 6.07 Å². The summed E-state index contributed by atoms with van der Waals surface area (Å²) in [7, 11) is 0. The van der Waals surface area contributed by atoms with Crippen LogP contribution in [0.4, 0.5) is 8.78 Å². The Morgan fingerprint density at radius 3 is 2.75 bits per heavy atom. The monoisotopic (exact) mass is 329 g/mol. The molecule has 1 fully saturated rings. The first-order chi connectivity index (χ1) is 11.6. The standard InChI is InChI=1S/C18H17F2N3O/c1-11(24-18-5-2-12(7-21)8-23-18)14-9-22-10-15(14)13-3-4-16(19)17(20)6-13/h2-6,8,11,14-15,22H,9-10H2,1H3/t11-,14+,15?/m0/s1. The molecule has 3 rings (SSSR count). The zero-order valence-corrected chi connectivity index (χ0v) is 13.2. The van der Waals surface area contributed by atoms with E-state index >= 15 is 0 Å². The molecule has 0 amide bonds. The van der Waals surface area contributed by atoms with E-state index in [1.54, 1.807) is 18.2 Å². The van der Waals surface area contributed by atoms with Gasteiger partial charge in [0.25, 0.3) is 0 Å². The number of nitriles is 1. The van der Waals surface area contributed by atoms with Gasteiger partial charge in [-0.2, -0.15) is 5.26 Å². The molecule has 1 saturated heterocycles. The molecule has 1 aromatic heterocycles. The fourth-order valence-corrected chi connectivity index (χ4v) is 3.09. The van der Waals surface area contributed by atoms with Crippen LogP contribution in [0.25, 0.3) is 0 Å². The van der Waals surface area contributed by atoms with Gasteiger partial charge in [-0.05, 0) is 30.7 Å². The maximum absolute atomic E-state index is 13.5. The quantitative estimate of drug-likeness (QED) is 0.937. The first kappa shape index (κ1) is 16.3. The van der Waals surface area contributed by atoms with Crippen molar-refractivity contribution in [2.45, 2.75) is 18.9 Å². The van der Waals surface area contributed by atoms with Crippen molar-refractivity contribution in [3.63, 3.8) is 0 Å². The minimum absolute atomic E-state index is 0.0356. The molecule has 1 aliphatic rings. The third-order valence-electron chi connectivity index (χ3n) is 4.41. The molecule has 6 heteroatoms. The Kier molecular flexibility index (Phi) is 4.72. The van der Waals surface area contributed by atoms with E-state index in [0.29, 0.717) is 18.0 Å². The highest BCUT2D eigenvalue weighted by Gasteiger charge is 2.34. The molecule has 0 radical (unpaired) electrons. The van der Waals surface area contributed by atoms with Gasteiger partial charge >= 0.3 is 0 Å². The van der Waals surface area contributed by atoms with Gasteiger partial charge in [-0.3, -0.25) is 0 Å². The van der Waals surface area contributed by atoms with Gasteiger partial charge in [0.05, 0.1) is 5.56 Å². The number of pyridine rings is 1. The van der Waals surface area contributed by atoms with E-state index in [9.17, 15) is 8.78 Å². The molecule has 24 heavy (non-hydrogen) atoms. The van der Waals surface area contributed by atoms with Gasteiger partial charge in [0.2, 0.25) is 5.88 Å². The zero-order chi connectivity index (χ0) is 17.1. The van der Waals surface area contributed by atoms with Crippen molar-refractivity contribution in [3.05, 3.63) is 59.3 Å². The van der Waals surface area contributed by atoms with Crippen LogP contribution in [0.15, 0.2) is 36.5 Å². The molecule has 4 nitrogen and oxygen atoms in total. The molecule has 1 unspecified atom stereocenters. The molecule has 0 bridgehead atoms. The minimum atomic E-state index is -0.840. The van der Waals surface area contributed by atoms with Crippen molar-refractivity contribution in [2.24, 2.45) is 5.92 Å². The highest BCUT2D eigenvalue weighted by atomic mass is 19.2. The molecule has 1 aliphatic heterocycles. The molecule has 0 aliphatic carbocycles. The Balaban J connectivity index is 1.74. The van der Waals surface area contributed by atoms with Crippen LogP contribution >= 0.6 is 0 Å².